The zero-order chi connectivity index (χ0) is 18.8. The van der Waals surface area contributed by atoms with E-state index in [-0.39, 0.29) is 17.7 Å². The Balaban J connectivity index is 1.77. The molecule has 0 bridgehead atoms. The van der Waals surface area contributed by atoms with Gasteiger partial charge in [0, 0.05) is 38.6 Å². The fourth-order valence-electron chi connectivity index (χ4n) is 3.47. The molecule has 1 fully saturated rings. The maximum Gasteiger partial charge on any atom is 0.264 e. The highest BCUT2D eigenvalue weighted by atomic mass is 32.1. The van der Waals surface area contributed by atoms with Gasteiger partial charge in [-0.3, -0.25) is 14.3 Å². The molecule has 2 amide bonds. The Morgan fingerprint density at radius 1 is 1.46 bits per heavy atom. The zero-order valence-corrected chi connectivity index (χ0v) is 16.4. The van der Waals surface area contributed by atoms with Crippen LogP contribution in [0.25, 0.3) is 10.2 Å². The number of carbonyl (C=O) groups excluding carboxylic acids is 2. The summed E-state index contributed by atoms with van der Waals surface area (Å²) in [6, 6.07) is 1.96. The first-order valence-corrected chi connectivity index (χ1v) is 9.97. The van der Waals surface area contributed by atoms with E-state index in [1.54, 1.807) is 0 Å². The van der Waals surface area contributed by atoms with E-state index < -0.39 is 0 Å². The third-order valence-corrected chi connectivity index (χ3v) is 6.01. The number of piperidine rings is 1. The van der Waals surface area contributed by atoms with Gasteiger partial charge in [-0.1, -0.05) is 13.8 Å². The van der Waals surface area contributed by atoms with Crippen molar-refractivity contribution in [2.24, 2.45) is 18.7 Å². The van der Waals surface area contributed by atoms with Crippen molar-refractivity contribution in [3.8, 4) is 0 Å². The van der Waals surface area contributed by atoms with E-state index in [2.05, 4.69) is 24.3 Å². The van der Waals surface area contributed by atoms with Crippen LogP contribution in [0.2, 0.25) is 0 Å². The topological polar surface area (TPSA) is 93.2 Å². The molecule has 0 aliphatic carbocycles. The van der Waals surface area contributed by atoms with Crippen LogP contribution in [0.5, 0.6) is 0 Å². The van der Waals surface area contributed by atoms with Crippen LogP contribution in [0.15, 0.2) is 6.07 Å². The Kier molecular flexibility index (Phi) is 5.62. The molecular weight excluding hydrogens is 350 g/mol. The Morgan fingerprint density at radius 2 is 2.23 bits per heavy atom. The van der Waals surface area contributed by atoms with Gasteiger partial charge in [-0.2, -0.15) is 5.10 Å². The standard InChI is InChI=1S/C18H27N5O2S/c1-11(2)15-13-9-14(26-18(13)22(3)21-15)17(25)23-8-4-5-12(10-23)16(24)20-7-6-19/h9,11-12H,4-8,10,19H2,1-3H3,(H,20,24). The van der Waals surface area contributed by atoms with Crippen molar-refractivity contribution in [3.05, 3.63) is 16.6 Å². The van der Waals surface area contributed by atoms with Crippen LogP contribution in [0.3, 0.4) is 0 Å². The van der Waals surface area contributed by atoms with Gasteiger partial charge in [0.1, 0.15) is 4.83 Å². The largest absolute Gasteiger partial charge is 0.355 e. The van der Waals surface area contributed by atoms with Gasteiger partial charge in [0.2, 0.25) is 5.91 Å². The molecule has 0 spiro atoms. The number of carbonyl (C=O) groups is 2. The van der Waals surface area contributed by atoms with Gasteiger partial charge in [0.05, 0.1) is 16.5 Å². The van der Waals surface area contributed by atoms with E-state index in [9.17, 15) is 9.59 Å². The van der Waals surface area contributed by atoms with Gasteiger partial charge in [0.25, 0.3) is 5.91 Å². The molecular formula is C18H27N5O2S. The first-order chi connectivity index (χ1) is 12.4. The lowest BCUT2D eigenvalue weighted by Gasteiger charge is -2.31. The highest BCUT2D eigenvalue weighted by Crippen LogP contribution is 2.32. The Hall–Kier alpha value is -1.93. The molecule has 1 aliphatic heterocycles. The molecule has 3 heterocycles. The quantitative estimate of drug-likeness (QED) is 0.829. The summed E-state index contributed by atoms with van der Waals surface area (Å²) in [6.07, 6.45) is 1.66. The molecule has 1 unspecified atom stereocenters. The average molecular weight is 378 g/mol. The van der Waals surface area contributed by atoms with Crippen LogP contribution < -0.4 is 11.1 Å². The molecule has 2 aromatic rings. The van der Waals surface area contributed by atoms with Crippen molar-refractivity contribution < 1.29 is 9.59 Å². The lowest BCUT2D eigenvalue weighted by molar-refractivity contribution is -0.126. The summed E-state index contributed by atoms with van der Waals surface area (Å²) in [5, 5.41) is 8.46. The van der Waals surface area contributed by atoms with Gasteiger partial charge in [0.15, 0.2) is 0 Å². The van der Waals surface area contributed by atoms with Crippen LogP contribution in [-0.4, -0.2) is 52.7 Å². The Bertz CT molecular complexity index is 810. The minimum Gasteiger partial charge on any atom is -0.355 e. The van der Waals surface area contributed by atoms with E-state index in [0.717, 1.165) is 33.6 Å². The molecule has 0 saturated carbocycles. The third-order valence-electron chi connectivity index (χ3n) is 4.82. The fourth-order valence-corrected chi connectivity index (χ4v) is 4.52. The zero-order valence-electron chi connectivity index (χ0n) is 15.6. The van der Waals surface area contributed by atoms with Crippen LogP contribution in [0.1, 0.15) is 48.0 Å². The lowest BCUT2D eigenvalue weighted by Crippen LogP contribution is -2.46. The smallest absolute Gasteiger partial charge is 0.264 e. The molecule has 142 valence electrons. The number of thiophene rings is 1. The highest BCUT2D eigenvalue weighted by molar-refractivity contribution is 7.20. The molecule has 3 rings (SSSR count). The maximum atomic E-state index is 13.0. The van der Waals surface area contributed by atoms with Crippen LogP contribution in [0.4, 0.5) is 0 Å². The second kappa shape index (κ2) is 7.75. The number of likely N-dealkylation sites (tertiary alicyclic amines) is 1. The third kappa shape index (κ3) is 3.61. The summed E-state index contributed by atoms with van der Waals surface area (Å²) < 4.78 is 1.85. The maximum absolute atomic E-state index is 13.0. The molecule has 1 saturated heterocycles. The van der Waals surface area contributed by atoms with E-state index in [4.69, 9.17) is 5.73 Å². The average Bonchev–Trinajstić information content (AvgIpc) is 3.19. The monoisotopic (exact) mass is 377 g/mol. The number of nitrogens with two attached hydrogens (primary N) is 1. The number of fused-ring (bicyclic) bond motifs is 1. The normalized spacial score (nSPS) is 17.9. The molecule has 0 aromatic carbocycles. The molecule has 8 heteroatoms. The van der Waals surface area contributed by atoms with Crippen molar-refractivity contribution in [3.63, 3.8) is 0 Å². The predicted molar refractivity (Wildman–Crippen MR) is 103 cm³/mol. The van der Waals surface area contributed by atoms with Crippen LogP contribution in [0, 0.1) is 5.92 Å². The highest BCUT2D eigenvalue weighted by Gasteiger charge is 2.30. The SMILES string of the molecule is CC(C)c1nn(C)c2sc(C(=O)N3CCCC(C(=O)NCCN)C3)cc12. The summed E-state index contributed by atoms with van der Waals surface area (Å²) in [5.74, 6) is 0.163. The number of hydrogen-bond acceptors (Lipinski definition) is 5. The number of nitrogens with one attached hydrogen (secondary N) is 1. The van der Waals surface area contributed by atoms with E-state index in [1.165, 1.54) is 11.3 Å². The number of hydrogen-bond donors (Lipinski definition) is 2. The number of nitrogens with zero attached hydrogens (tertiary/aromatic N) is 3. The minimum atomic E-state index is -0.151. The van der Waals surface area contributed by atoms with E-state index in [1.807, 2.05) is 22.7 Å². The summed E-state index contributed by atoms with van der Waals surface area (Å²) in [5.41, 5.74) is 6.47. The van der Waals surface area contributed by atoms with Gasteiger partial charge >= 0.3 is 0 Å². The molecule has 1 aliphatic rings. The number of aromatic nitrogens is 2. The van der Waals surface area contributed by atoms with Crippen LogP contribution in [-0.2, 0) is 11.8 Å². The molecule has 7 nitrogen and oxygen atoms in total. The number of aryl methyl sites for hydroxylation is 1. The summed E-state index contributed by atoms with van der Waals surface area (Å²) in [6.45, 7) is 6.29. The number of rotatable bonds is 5. The summed E-state index contributed by atoms with van der Waals surface area (Å²) in [4.78, 5) is 28.8. The summed E-state index contributed by atoms with van der Waals surface area (Å²) >= 11 is 1.48. The van der Waals surface area contributed by atoms with E-state index in [0.29, 0.717) is 32.1 Å². The fraction of sp³-hybridized carbons (Fsp3) is 0.611. The second-order valence-corrected chi connectivity index (χ2v) is 8.19. The van der Waals surface area contributed by atoms with Crippen LogP contribution >= 0.6 is 11.3 Å². The molecule has 0 radical (unpaired) electrons. The first kappa shape index (κ1) is 18.8. The predicted octanol–water partition coefficient (Wildman–Crippen LogP) is 1.69. The van der Waals surface area contributed by atoms with Gasteiger partial charge < -0.3 is 16.0 Å². The Labute approximate surface area is 157 Å². The molecule has 26 heavy (non-hydrogen) atoms. The van der Waals surface area contributed by atoms with Crippen molar-refractivity contribution >= 4 is 33.4 Å². The van der Waals surface area contributed by atoms with Crippen molar-refractivity contribution in [1.29, 1.82) is 0 Å². The second-order valence-electron chi connectivity index (χ2n) is 7.16. The van der Waals surface area contributed by atoms with E-state index >= 15 is 0 Å². The van der Waals surface area contributed by atoms with Gasteiger partial charge in [-0.25, -0.2) is 0 Å². The Morgan fingerprint density at radius 3 is 2.92 bits per heavy atom. The van der Waals surface area contributed by atoms with Gasteiger partial charge in [-0.05, 0) is 24.8 Å². The molecule has 3 N–H and O–H groups in total. The van der Waals surface area contributed by atoms with Crippen molar-refractivity contribution in [2.45, 2.75) is 32.6 Å². The van der Waals surface area contributed by atoms with Crippen molar-refractivity contribution in [2.75, 3.05) is 26.2 Å². The number of amides is 2. The minimum absolute atomic E-state index is 0.00409. The first-order valence-electron chi connectivity index (χ1n) is 9.15. The lowest BCUT2D eigenvalue weighted by atomic mass is 9.97. The molecule has 1 atom stereocenters. The van der Waals surface area contributed by atoms with Gasteiger partial charge in [-0.15, -0.1) is 11.3 Å². The molecule has 2 aromatic heterocycles. The summed E-state index contributed by atoms with van der Waals surface area (Å²) in [7, 11) is 1.91. The van der Waals surface area contributed by atoms with Crippen molar-refractivity contribution in [1.82, 2.24) is 20.0 Å².